The van der Waals surface area contributed by atoms with Gasteiger partial charge in [-0.15, -0.1) is 0 Å². The van der Waals surface area contributed by atoms with Gasteiger partial charge in [-0.05, 0) is 43.0 Å². The minimum Gasteiger partial charge on any atom is -0.465 e. The predicted molar refractivity (Wildman–Crippen MR) is 93.7 cm³/mol. The Morgan fingerprint density at radius 1 is 1.29 bits per heavy atom. The topological polar surface area (TPSA) is 67.3 Å². The summed E-state index contributed by atoms with van der Waals surface area (Å²) in [4.78, 5) is 22.8. The summed E-state index contributed by atoms with van der Waals surface area (Å²) in [6.07, 6.45) is 4.09. The monoisotopic (exact) mass is 326 g/mol. The van der Waals surface area contributed by atoms with Crippen LogP contribution in [0.1, 0.15) is 30.1 Å². The predicted octanol–water partition coefficient (Wildman–Crippen LogP) is 3.24. The third-order valence-corrected chi connectivity index (χ3v) is 4.27. The van der Waals surface area contributed by atoms with Gasteiger partial charge in [-0.1, -0.05) is 13.0 Å². The smallest absolute Gasteiger partial charge is 0.337 e. The van der Waals surface area contributed by atoms with Crippen LogP contribution in [0.5, 0.6) is 0 Å². The van der Waals surface area contributed by atoms with Crippen LogP contribution in [0, 0.1) is 5.92 Å². The lowest BCUT2D eigenvalue weighted by molar-refractivity contribution is 0.0601. The largest absolute Gasteiger partial charge is 0.465 e. The molecule has 2 aromatic rings. The highest BCUT2D eigenvalue weighted by molar-refractivity contribution is 5.90. The Labute approximate surface area is 141 Å². The zero-order valence-corrected chi connectivity index (χ0v) is 14.0. The van der Waals surface area contributed by atoms with Crippen molar-refractivity contribution >= 4 is 23.4 Å². The summed E-state index contributed by atoms with van der Waals surface area (Å²) in [6.45, 7) is 4.26. The van der Waals surface area contributed by atoms with Crippen molar-refractivity contribution in [3.05, 3.63) is 42.1 Å². The number of esters is 1. The second kappa shape index (κ2) is 7.29. The lowest BCUT2D eigenvalue weighted by atomic mass is 10.00. The van der Waals surface area contributed by atoms with Gasteiger partial charge in [0.05, 0.1) is 12.7 Å². The van der Waals surface area contributed by atoms with Gasteiger partial charge < -0.3 is 15.0 Å². The van der Waals surface area contributed by atoms with Gasteiger partial charge in [-0.3, -0.25) is 0 Å². The van der Waals surface area contributed by atoms with E-state index < -0.39 is 0 Å². The number of anilines is 3. The van der Waals surface area contributed by atoms with Crippen molar-refractivity contribution in [2.75, 3.05) is 30.4 Å². The molecular formula is C18H22N4O2. The van der Waals surface area contributed by atoms with Crippen molar-refractivity contribution in [1.29, 1.82) is 0 Å². The van der Waals surface area contributed by atoms with E-state index in [9.17, 15) is 4.79 Å². The molecule has 126 valence electrons. The van der Waals surface area contributed by atoms with Crippen molar-refractivity contribution in [1.82, 2.24) is 9.97 Å². The van der Waals surface area contributed by atoms with Crippen LogP contribution in [0.2, 0.25) is 0 Å². The maximum Gasteiger partial charge on any atom is 0.337 e. The molecule has 1 N–H and O–H groups in total. The number of hydrogen-bond donors (Lipinski definition) is 1. The molecule has 1 aliphatic rings. The van der Waals surface area contributed by atoms with Crippen LogP contribution in [0.3, 0.4) is 0 Å². The van der Waals surface area contributed by atoms with E-state index in [1.165, 1.54) is 20.0 Å². The summed E-state index contributed by atoms with van der Waals surface area (Å²) < 4.78 is 4.75. The molecule has 1 aliphatic heterocycles. The number of carbonyl (C=O) groups is 1. The highest BCUT2D eigenvalue weighted by atomic mass is 16.5. The Kier molecular flexibility index (Phi) is 4.93. The van der Waals surface area contributed by atoms with E-state index in [4.69, 9.17) is 4.74 Å². The number of piperidine rings is 1. The number of rotatable bonds is 4. The van der Waals surface area contributed by atoms with Crippen LogP contribution in [-0.4, -0.2) is 36.1 Å². The van der Waals surface area contributed by atoms with Crippen molar-refractivity contribution < 1.29 is 9.53 Å². The highest BCUT2D eigenvalue weighted by Crippen LogP contribution is 2.22. The molecule has 6 nitrogen and oxygen atoms in total. The number of benzene rings is 1. The first kappa shape index (κ1) is 16.2. The standard InChI is InChI=1S/C18H22N4O2/c1-13-7-10-22(11-8-13)18-19-9-6-16(21-18)20-15-5-3-4-14(12-15)17(23)24-2/h3-6,9,12-13H,7-8,10-11H2,1-2H3,(H,19,20,21). The SMILES string of the molecule is COC(=O)c1cccc(Nc2ccnc(N3CCC(C)CC3)n2)c1. The Morgan fingerprint density at radius 3 is 2.83 bits per heavy atom. The Hall–Kier alpha value is -2.63. The Morgan fingerprint density at radius 2 is 2.08 bits per heavy atom. The Bertz CT molecular complexity index is 712. The molecule has 0 aliphatic carbocycles. The summed E-state index contributed by atoms with van der Waals surface area (Å²) in [5.41, 5.74) is 1.29. The van der Waals surface area contributed by atoms with Gasteiger partial charge in [-0.25, -0.2) is 9.78 Å². The fourth-order valence-electron chi connectivity index (χ4n) is 2.77. The fraction of sp³-hybridized carbons (Fsp3) is 0.389. The van der Waals surface area contributed by atoms with Crippen molar-refractivity contribution in [3.8, 4) is 0 Å². The van der Waals surface area contributed by atoms with Crippen LogP contribution < -0.4 is 10.2 Å². The van der Waals surface area contributed by atoms with Crippen LogP contribution in [0.15, 0.2) is 36.5 Å². The number of nitrogens with one attached hydrogen (secondary N) is 1. The van der Waals surface area contributed by atoms with E-state index in [-0.39, 0.29) is 5.97 Å². The number of hydrogen-bond acceptors (Lipinski definition) is 6. The summed E-state index contributed by atoms with van der Waals surface area (Å²) in [6, 6.07) is 8.98. The first-order valence-electron chi connectivity index (χ1n) is 8.19. The van der Waals surface area contributed by atoms with Crippen LogP contribution in [-0.2, 0) is 4.74 Å². The van der Waals surface area contributed by atoms with Crippen LogP contribution in [0.25, 0.3) is 0 Å². The quantitative estimate of drug-likeness (QED) is 0.870. The maximum absolute atomic E-state index is 11.6. The molecular weight excluding hydrogens is 304 g/mol. The molecule has 2 heterocycles. The fourth-order valence-corrected chi connectivity index (χ4v) is 2.77. The second-order valence-corrected chi connectivity index (χ2v) is 6.11. The van der Waals surface area contributed by atoms with Gasteiger partial charge in [0.1, 0.15) is 5.82 Å². The molecule has 0 saturated carbocycles. The first-order chi connectivity index (χ1) is 11.7. The average Bonchev–Trinajstić information content (AvgIpc) is 2.62. The Balaban J connectivity index is 1.74. The molecule has 3 rings (SSSR count). The molecule has 0 unspecified atom stereocenters. The summed E-state index contributed by atoms with van der Waals surface area (Å²) in [7, 11) is 1.37. The van der Waals surface area contributed by atoms with E-state index in [1.54, 1.807) is 18.3 Å². The molecule has 1 saturated heterocycles. The molecule has 0 radical (unpaired) electrons. The van der Waals surface area contributed by atoms with E-state index in [2.05, 4.69) is 27.1 Å². The van der Waals surface area contributed by atoms with E-state index in [0.29, 0.717) is 11.4 Å². The van der Waals surface area contributed by atoms with Gasteiger partial charge in [0.2, 0.25) is 5.95 Å². The number of aromatic nitrogens is 2. The zero-order valence-electron chi connectivity index (χ0n) is 14.0. The first-order valence-corrected chi connectivity index (χ1v) is 8.19. The molecule has 24 heavy (non-hydrogen) atoms. The van der Waals surface area contributed by atoms with Crippen LogP contribution in [0.4, 0.5) is 17.5 Å². The number of ether oxygens (including phenoxy) is 1. The van der Waals surface area contributed by atoms with Gasteiger partial charge in [-0.2, -0.15) is 4.98 Å². The molecule has 0 spiro atoms. The molecule has 0 amide bonds. The summed E-state index contributed by atoms with van der Waals surface area (Å²) >= 11 is 0. The average molecular weight is 326 g/mol. The minimum atomic E-state index is -0.357. The van der Waals surface area contributed by atoms with E-state index in [0.717, 1.165) is 30.6 Å². The number of carbonyl (C=O) groups excluding carboxylic acids is 1. The molecule has 1 aromatic carbocycles. The lowest BCUT2D eigenvalue weighted by Gasteiger charge is -2.30. The lowest BCUT2D eigenvalue weighted by Crippen LogP contribution is -2.34. The second-order valence-electron chi connectivity index (χ2n) is 6.11. The third kappa shape index (κ3) is 3.82. The number of methoxy groups -OCH3 is 1. The van der Waals surface area contributed by atoms with Crippen LogP contribution >= 0.6 is 0 Å². The maximum atomic E-state index is 11.6. The molecule has 0 atom stereocenters. The summed E-state index contributed by atoms with van der Waals surface area (Å²) in [5.74, 6) is 1.87. The summed E-state index contributed by atoms with van der Waals surface area (Å²) in [5, 5.41) is 3.23. The van der Waals surface area contributed by atoms with Crippen molar-refractivity contribution in [2.24, 2.45) is 5.92 Å². The molecule has 1 fully saturated rings. The third-order valence-electron chi connectivity index (χ3n) is 4.27. The molecule has 0 bridgehead atoms. The van der Waals surface area contributed by atoms with Crippen molar-refractivity contribution in [3.63, 3.8) is 0 Å². The van der Waals surface area contributed by atoms with Crippen molar-refractivity contribution in [2.45, 2.75) is 19.8 Å². The molecule has 6 heteroatoms. The normalized spacial score (nSPS) is 15.2. The van der Waals surface area contributed by atoms with Gasteiger partial charge in [0, 0.05) is 25.0 Å². The zero-order chi connectivity index (χ0) is 16.9. The van der Waals surface area contributed by atoms with Gasteiger partial charge >= 0.3 is 5.97 Å². The van der Waals surface area contributed by atoms with Gasteiger partial charge in [0.25, 0.3) is 0 Å². The highest BCUT2D eigenvalue weighted by Gasteiger charge is 2.18. The van der Waals surface area contributed by atoms with Gasteiger partial charge in [0.15, 0.2) is 0 Å². The van der Waals surface area contributed by atoms with E-state index in [1.807, 2.05) is 18.2 Å². The molecule has 1 aromatic heterocycles. The van der Waals surface area contributed by atoms with E-state index >= 15 is 0 Å². The minimum absolute atomic E-state index is 0.357. The number of nitrogens with zero attached hydrogens (tertiary/aromatic N) is 3.